The van der Waals surface area contributed by atoms with Gasteiger partial charge in [0.05, 0.1) is 11.4 Å². The molecule has 2 aromatic rings. The Bertz CT molecular complexity index is 815. The Morgan fingerprint density at radius 1 is 1.20 bits per heavy atom. The van der Waals surface area contributed by atoms with Gasteiger partial charge in [0.1, 0.15) is 5.75 Å². The summed E-state index contributed by atoms with van der Waals surface area (Å²) in [6.45, 7) is 5.37. The third-order valence-electron chi connectivity index (χ3n) is 5.11. The number of hydrogen-bond acceptors (Lipinski definition) is 5. The summed E-state index contributed by atoms with van der Waals surface area (Å²) < 4.78 is 0. The predicted molar refractivity (Wildman–Crippen MR) is 97.9 cm³/mol. The molecular weight excluding hydrogens is 312 g/mol. The Balaban J connectivity index is 1.50. The van der Waals surface area contributed by atoms with Gasteiger partial charge in [0, 0.05) is 49.9 Å². The molecular formula is C20H24N4O. The Labute approximate surface area is 148 Å². The lowest BCUT2D eigenvalue weighted by atomic mass is 10.0. The van der Waals surface area contributed by atoms with E-state index in [1.165, 1.54) is 18.4 Å². The van der Waals surface area contributed by atoms with Gasteiger partial charge in [0.25, 0.3) is 0 Å². The first-order chi connectivity index (χ1) is 12.2. The number of para-hydroxylation sites is 1. The highest BCUT2D eigenvalue weighted by molar-refractivity contribution is 5.97. The van der Waals surface area contributed by atoms with Crippen molar-refractivity contribution in [2.45, 2.75) is 45.7 Å². The van der Waals surface area contributed by atoms with Crippen LogP contribution in [0.5, 0.6) is 5.75 Å². The second-order valence-corrected chi connectivity index (χ2v) is 6.99. The van der Waals surface area contributed by atoms with E-state index in [4.69, 9.17) is 4.98 Å². The molecule has 1 aromatic carbocycles. The fourth-order valence-electron chi connectivity index (χ4n) is 3.62. The van der Waals surface area contributed by atoms with Crippen molar-refractivity contribution in [1.82, 2.24) is 14.9 Å². The molecule has 0 saturated heterocycles. The zero-order chi connectivity index (χ0) is 17.2. The minimum absolute atomic E-state index is 0.412. The van der Waals surface area contributed by atoms with Gasteiger partial charge in [0.2, 0.25) is 0 Å². The molecule has 2 aliphatic rings. The van der Waals surface area contributed by atoms with Crippen molar-refractivity contribution in [2.75, 3.05) is 13.1 Å². The Morgan fingerprint density at radius 2 is 2.12 bits per heavy atom. The highest BCUT2D eigenvalue weighted by Crippen LogP contribution is 2.25. The summed E-state index contributed by atoms with van der Waals surface area (Å²) in [5, 5.41) is 10.2. The van der Waals surface area contributed by atoms with Crippen LogP contribution in [0.3, 0.4) is 0 Å². The van der Waals surface area contributed by atoms with Gasteiger partial charge in [-0.2, -0.15) is 0 Å². The molecule has 3 heterocycles. The van der Waals surface area contributed by atoms with Crippen molar-refractivity contribution in [3.63, 3.8) is 0 Å². The highest BCUT2D eigenvalue weighted by Gasteiger charge is 2.21. The van der Waals surface area contributed by atoms with Crippen LogP contribution in [0.15, 0.2) is 29.4 Å². The van der Waals surface area contributed by atoms with Crippen LogP contribution in [0.25, 0.3) is 0 Å². The zero-order valence-electron chi connectivity index (χ0n) is 14.7. The molecule has 0 radical (unpaired) electrons. The van der Waals surface area contributed by atoms with Crippen molar-refractivity contribution in [2.24, 2.45) is 4.99 Å². The number of benzene rings is 1. The second-order valence-electron chi connectivity index (χ2n) is 6.99. The van der Waals surface area contributed by atoms with Crippen molar-refractivity contribution in [3.05, 3.63) is 52.6 Å². The number of aromatic nitrogens is 2. The van der Waals surface area contributed by atoms with E-state index in [0.717, 1.165) is 67.4 Å². The summed E-state index contributed by atoms with van der Waals surface area (Å²) in [6, 6.07) is 5.94. The summed E-state index contributed by atoms with van der Waals surface area (Å²) in [5.74, 6) is 1.23. The smallest absolute Gasteiger partial charge is 0.173 e. The molecule has 0 atom stereocenters. The van der Waals surface area contributed by atoms with E-state index < -0.39 is 0 Å². The number of phenolic OH excluding ortho intramolecular Hbond substituents is 1. The van der Waals surface area contributed by atoms with Gasteiger partial charge in [-0.1, -0.05) is 18.2 Å². The van der Waals surface area contributed by atoms with E-state index in [9.17, 15) is 5.11 Å². The van der Waals surface area contributed by atoms with Crippen LogP contribution in [0, 0.1) is 6.92 Å². The van der Waals surface area contributed by atoms with Crippen LogP contribution in [0.1, 0.15) is 47.5 Å². The van der Waals surface area contributed by atoms with Crippen molar-refractivity contribution in [1.29, 1.82) is 0 Å². The molecule has 0 spiro atoms. The van der Waals surface area contributed by atoms with Crippen LogP contribution >= 0.6 is 0 Å². The lowest BCUT2D eigenvalue weighted by molar-refractivity contribution is 0.239. The van der Waals surface area contributed by atoms with Gasteiger partial charge in [-0.25, -0.2) is 9.97 Å². The molecule has 0 unspecified atom stereocenters. The molecule has 5 nitrogen and oxygen atoms in total. The van der Waals surface area contributed by atoms with Crippen LogP contribution in [-0.4, -0.2) is 38.8 Å². The lowest BCUT2D eigenvalue weighted by Gasteiger charge is -2.28. The van der Waals surface area contributed by atoms with Gasteiger partial charge >= 0.3 is 0 Å². The fraction of sp³-hybridized carbons (Fsp3) is 0.450. The molecule has 0 fully saturated rings. The standard InChI is InChI=1S/C20H24N4O/c1-14-5-4-6-15(19(14)25)12-24-10-8-17-16(13-24)11-22-20(23-17)18-7-2-3-9-21-18/h4-6,11,25H,2-3,7-10,12-13H2,1H3. The molecule has 0 bridgehead atoms. The van der Waals surface area contributed by atoms with Crippen LogP contribution in [-0.2, 0) is 19.5 Å². The number of nitrogens with zero attached hydrogens (tertiary/aromatic N) is 4. The summed E-state index contributed by atoms with van der Waals surface area (Å²) in [5.41, 5.74) is 5.33. The normalized spacial score (nSPS) is 17.9. The van der Waals surface area contributed by atoms with E-state index in [-0.39, 0.29) is 0 Å². The summed E-state index contributed by atoms with van der Waals surface area (Å²) in [7, 11) is 0. The van der Waals surface area contributed by atoms with Gasteiger partial charge in [-0.15, -0.1) is 0 Å². The number of fused-ring (bicyclic) bond motifs is 1. The largest absolute Gasteiger partial charge is 0.507 e. The maximum atomic E-state index is 10.2. The van der Waals surface area contributed by atoms with E-state index in [1.807, 2.05) is 31.3 Å². The van der Waals surface area contributed by atoms with Crippen LogP contribution in [0.2, 0.25) is 0 Å². The molecule has 1 aromatic heterocycles. The maximum Gasteiger partial charge on any atom is 0.173 e. The minimum Gasteiger partial charge on any atom is -0.507 e. The third kappa shape index (κ3) is 3.42. The minimum atomic E-state index is 0.412. The number of aromatic hydroxyl groups is 1. The van der Waals surface area contributed by atoms with E-state index in [2.05, 4.69) is 14.9 Å². The molecule has 2 aliphatic heterocycles. The Hall–Kier alpha value is -2.27. The predicted octanol–water partition coefficient (Wildman–Crippen LogP) is 3.02. The second kappa shape index (κ2) is 6.92. The first-order valence-corrected chi connectivity index (χ1v) is 9.09. The first-order valence-electron chi connectivity index (χ1n) is 9.09. The van der Waals surface area contributed by atoms with Crippen LogP contribution in [0.4, 0.5) is 0 Å². The SMILES string of the molecule is Cc1cccc(CN2CCc3nc(C4=NCCCC4)ncc3C2)c1O. The van der Waals surface area contributed by atoms with Gasteiger partial charge < -0.3 is 5.11 Å². The highest BCUT2D eigenvalue weighted by atomic mass is 16.3. The molecule has 0 aliphatic carbocycles. The molecule has 4 rings (SSSR count). The van der Waals surface area contributed by atoms with E-state index in [0.29, 0.717) is 5.75 Å². The Kier molecular flexibility index (Phi) is 4.49. The number of aryl methyl sites for hydroxylation is 1. The number of rotatable bonds is 3. The maximum absolute atomic E-state index is 10.2. The molecule has 1 N–H and O–H groups in total. The van der Waals surface area contributed by atoms with Crippen molar-refractivity contribution >= 4 is 5.71 Å². The third-order valence-corrected chi connectivity index (χ3v) is 5.11. The monoisotopic (exact) mass is 336 g/mol. The van der Waals surface area contributed by atoms with E-state index >= 15 is 0 Å². The lowest BCUT2D eigenvalue weighted by Crippen LogP contribution is -2.31. The van der Waals surface area contributed by atoms with E-state index in [1.54, 1.807) is 0 Å². The first kappa shape index (κ1) is 16.2. The molecule has 0 saturated carbocycles. The number of hydrogen-bond donors (Lipinski definition) is 1. The van der Waals surface area contributed by atoms with Crippen LogP contribution < -0.4 is 0 Å². The van der Waals surface area contributed by atoms with Crippen molar-refractivity contribution in [3.8, 4) is 5.75 Å². The molecule has 5 heteroatoms. The average Bonchev–Trinajstić information content (AvgIpc) is 2.66. The zero-order valence-corrected chi connectivity index (χ0v) is 14.7. The Morgan fingerprint density at radius 3 is 2.96 bits per heavy atom. The quantitative estimate of drug-likeness (QED) is 0.936. The number of phenols is 1. The summed E-state index contributed by atoms with van der Waals surface area (Å²) in [6.07, 6.45) is 6.25. The van der Waals surface area contributed by atoms with Crippen molar-refractivity contribution < 1.29 is 5.11 Å². The molecule has 0 amide bonds. The average molecular weight is 336 g/mol. The fourth-order valence-corrected chi connectivity index (χ4v) is 3.62. The van der Waals surface area contributed by atoms with Gasteiger partial charge in [-0.3, -0.25) is 9.89 Å². The topological polar surface area (TPSA) is 61.6 Å². The summed E-state index contributed by atoms with van der Waals surface area (Å²) >= 11 is 0. The summed E-state index contributed by atoms with van der Waals surface area (Å²) in [4.78, 5) is 16.3. The molecule has 25 heavy (non-hydrogen) atoms. The molecule has 130 valence electrons. The van der Waals surface area contributed by atoms with Gasteiger partial charge in [-0.05, 0) is 31.7 Å². The van der Waals surface area contributed by atoms with Gasteiger partial charge in [0.15, 0.2) is 5.82 Å². The number of aliphatic imine (C=N–C) groups is 1.